The number of carbonyl (C=O) groups is 1. The van der Waals surface area contributed by atoms with Crippen molar-refractivity contribution in [3.05, 3.63) is 11.3 Å². The number of piperidine rings is 1. The van der Waals surface area contributed by atoms with Gasteiger partial charge in [-0.1, -0.05) is 0 Å². The number of amides is 1. The normalized spacial score (nSPS) is 20.6. The topological polar surface area (TPSA) is 78.9 Å². The first-order chi connectivity index (χ1) is 5.75. The van der Waals surface area contributed by atoms with Crippen molar-refractivity contribution in [1.82, 2.24) is 5.32 Å². The van der Waals surface area contributed by atoms with E-state index >= 15 is 0 Å². The van der Waals surface area contributed by atoms with Crippen LogP contribution in [0.25, 0.3) is 0 Å². The Morgan fingerprint density at radius 3 is 2.75 bits per heavy atom. The van der Waals surface area contributed by atoms with Gasteiger partial charge < -0.3 is 11.1 Å². The fourth-order valence-corrected chi connectivity index (χ4v) is 1.24. The average Bonchev–Trinajstić information content (AvgIpc) is 2.07. The molecule has 1 heterocycles. The summed E-state index contributed by atoms with van der Waals surface area (Å²) in [6, 6.07) is 1.81. The molecule has 0 atom stereocenters. The highest BCUT2D eigenvalue weighted by molar-refractivity contribution is 5.96. The molecule has 1 aliphatic rings. The van der Waals surface area contributed by atoms with Crippen molar-refractivity contribution in [3.8, 4) is 6.07 Å². The Kier molecular flexibility index (Phi) is 2.70. The van der Waals surface area contributed by atoms with E-state index in [1.807, 2.05) is 6.07 Å². The molecule has 0 unspecified atom stereocenters. The van der Waals surface area contributed by atoms with Gasteiger partial charge in [0, 0.05) is 12.2 Å². The maximum Gasteiger partial charge on any atom is 0.261 e. The Morgan fingerprint density at radius 2 is 2.33 bits per heavy atom. The van der Waals surface area contributed by atoms with Crippen LogP contribution in [-0.2, 0) is 4.79 Å². The zero-order chi connectivity index (χ0) is 8.97. The second-order valence-corrected chi connectivity index (χ2v) is 2.71. The standard InChI is InChI=1S/C8H11N3O/c9-5-6(8(10)12)7-3-1-2-4-11-7/h11H,1-4H2,(H2,10,12)/b7-6-. The van der Waals surface area contributed by atoms with Crippen LogP contribution in [0, 0.1) is 11.3 Å². The second kappa shape index (κ2) is 3.77. The lowest BCUT2D eigenvalue weighted by Gasteiger charge is -2.16. The fraction of sp³-hybridized carbons (Fsp3) is 0.500. The third-order valence-electron chi connectivity index (χ3n) is 1.85. The van der Waals surface area contributed by atoms with Crippen LogP contribution in [0.3, 0.4) is 0 Å². The molecule has 64 valence electrons. The van der Waals surface area contributed by atoms with Crippen molar-refractivity contribution < 1.29 is 4.79 Å². The first-order valence-electron chi connectivity index (χ1n) is 3.92. The summed E-state index contributed by atoms with van der Waals surface area (Å²) in [6.45, 7) is 0.827. The molecule has 0 spiro atoms. The summed E-state index contributed by atoms with van der Waals surface area (Å²) in [5.74, 6) is -0.637. The minimum atomic E-state index is -0.637. The fourth-order valence-electron chi connectivity index (χ4n) is 1.24. The Balaban J connectivity index is 2.84. The lowest BCUT2D eigenvalue weighted by molar-refractivity contribution is -0.114. The smallest absolute Gasteiger partial charge is 0.261 e. The van der Waals surface area contributed by atoms with Gasteiger partial charge in [0.25, 0.3) is 5.91 Å². The van der Waals surface area contributed by atoms with Crippen LogP contribution >= 0.6 is 0 Å². The molecule has 1 saturated heterocycles. The van der Waals surface area contributed by atoms with Crippen LogP contribution in [0.4, 0.5) is 0 Å². The van der Waals surface area contributed by atoms with Crippen LogP contribution in [0.5, 0.6) is 0 Å². The van der Waals surface area contributed by atoms with E-state index in [4.69, 9.17) is 11.0 Å². The molecule has 1 rings (SSSR count). The number of nitriles is 1. The lowest BCUT2D eigenvalue weighted by atomic mass is 10.1. The van der Waals surface area contributed by atoms with E-state index in [0.29, 0.717) is 5.70 Å². The van der Waals surface area contributed by atoms with Crippen LogP contribution in [-0.4, -0.2) is 12.5 Å². The minimum Gasteiger partial charge on any atom is -0.387 e. The summed E-state index contributed by atoms with van der Waals surface area (Å²) in [4.78, 5) is 10.7. The molecular formula is C8H11N3O. The molecule has 4 heteroatoms. The summed E-state index contributed by atoms with van der Waals surface area (Å²) in [5.41, 5.74) is 5.80. The van der Waals surface area contributed by atoms with Crippen molar-refractivity contribution in [3.63, 3.8) is 0 Å². The van der Waals surface area contributed by atoms with Gasteiger partial charge in [0.2, 0.25) is 0 Å². The molecule has 12 heavy (non-hydrogen) atoms. The van der Waals surface area contributed by atoms with Gasteiger partial charge in [0.05, 0.1) is 0 Å². The SMILES string of the molecule is N#C/C(C(N)=O)=C1\CCCCN1. The van der Waals surface area contributed by atoms with Gasteiger partial charge in [-0.05, 0) is 19.3 Å². The van der Waals surface area contributed by atoms with Gasteiger partial charge in [-0.15, -0.1) is 0 Å². The number of rotatable bonds is 1. The maximum absolute atomic E-state index is 10.7. The number of carbonyl (C=O) groups excluding carboxylic acids is 1. The third kappa shape index (κ3) is 1.76. The molecule has 4 nitrogen and oxygen atoms in total. The highest BCUT2D eigenvalue weighted by Crippen LogP contribution is 2.13. The van der Waals surface area contributed by atoms with Gasteiger partial charge in [0.15, 0.2) is 0 Å². The zero-order valence-corrected chi connectivity index (χ0v) is 6.76. The van der Waals surface area contributed by atoms with E-state index in [9.17, 15) is 4.79 Å². The largest absolute Gasteiger partial charge is 0.387 e. The third-order valence-corrected chi connectivity index (χ3v) is 1.85. The van der Waals surface area contributed by atoms with E-state index in [1.54, 1.807) is 0 Å². The number of nitrogens with two attached hydrogens (primary N) is 1. The summed E-state index contributed by atoms with van der Waals surface area (Å²) in [5, 5.41) is 11.6. The first-order valence-corrected chi connectivity index (χ1v) is 3.92. The number of primary amides is 1. The molecule has 0 bridgehead atoms. The van der Waals surface area contributed by atoms with E-state index in [2.05, 4.69) is 5.32 Å². The molecule has 0 saturated carbocycles. The zero-order valence-electron chi connectivity index (χ0n) is 6.76. The maximum atomic E-state index is 10.7. The molecule has 0 aromatic rings. The summed E-state index contributed by atoms with van der Waals surface area (Å²) < 4.78 is 0. The van der Waals surface area contributed by atoms with Gasteiger partial charge >= 0.3 is 0 Å². The quantitative estimate of drug-likeness (QED) is 0.424. The first kappa shape index (κ1) is 8.60. The number of nitrogens with one attached hydrogen (secondary N) is 1. The molecular weight excluding hydrogens is 154 g/mol. The summed E-state index contributed by atoms with van der Waals surface area (Å²) in [6.07, 6.45) is 2.85. The molecule has 1 aliphatic heterocycles. The number of hydrogen-bond acceptors (Lipinski definition) is 3. The molecule has 1 fully saturated rings. The van der Waals surface area contributed by atoms with E-state index in [0.717, 1.165) is 25.8 Å². The van der Waals surface area contributed by atoms with Gasteiger partial charge in [-0.25, -0.2) is 0 Å². The summed E-state index contributed by atoms with van der Waals surface area (Å²) in [7, 11) is 0. The predicted octanol–water partition coefficient (Wildman–Crippen LogP) is 0.0229. The van der Waals surface area contributed by atoms with Gasteiger partial charge in [-0.3, -0.25) is 4.79 Å². The molecule has 0 aromatic carbocycles. The number of nitrogens with zero attached hydrogens (tertiary/aromatic N) is 1. The van der Waals surface area contributed by atoms with Crippen molar-refractivity contribution in [2.75, 3.05) is 6.54 Å². The van der Waals surface area contributed by atoms with Crippen LogP contribution in [0.15, 0.2) is 11.3 Å². The minimum absolute atomic E-state index is 0.0784. The predicted molar refractivity (Wildman–Crippen MR) is 43.7 cm³/mol. The Morgan fingerprint density at radius 1 is 1.58 bits per heavy atom. The van der Waals surface area contributed by atoms with Crippen molar-refractivity contribution >= 4 is 5.91 Å². The number of allylic oxidation sites excluding steroid dienone is 1. The second-order valence-electron chi connectivity index (χ2n) is 2.71. The van der Waals surface area contributed by atoms with Gasteiger partial charge in [-0.2, -0.15) is 5.26 Å². The van der Waals surface area contributed by atoms with Crippen molar-refractivity contribution in [2.24, 2.45) is 5.73 Å². The van der Waals surface area contributed by atoms with Crippen molar-refractivity contribution in [1.29, 1.82) is 5.26 Å². The highest BCUT2D eigenvalue weighted by Gasteiger charge is 2.13. The highest BCUT2D eigenvalue weighted by atomic mass is 16.1. The molecule has 1 amide bonds. The van der Waals surface area contributed by atoms with E-state index < -0.39 is 5.91 Å². The molecule has 0 radical (unpaired) electrons. The van der Waals surface area contributed by atoms with Crippen LogP contribution in [0.1, 0.15) is 19.3 Å². The van der Waals surface area contributed by atoms with E-state index in [1.165, 1.54) is 0 Å². The molecule has 0 aliphatic carbocycles. The van der Waals surface area contributed by atoms with Gasteiger partial charge in [0.1, 0.15) is 11.6 Å². The van der Waals surface area contributed by atoms with Crippen molar-refractivity contribution in [2.45, 2.75) is 19.3 Å². The summed E-state index contributed by atoms with van der Waals surface area (Å²) >= 11 is 0. The Bertz CT molecular complexity index is 254. The average molecular weight is 165 g/mol. The van der Waals surface area contributed by atoms with E-state index in [-0.39, 0.29) is 5.57 Å². The lowest BCUT2D eigenvalue weighted by Crippen LogP contribution is -2.25. The molecule has 3 N–H and O–H groups in total. The number of hydrogen-bond donors (Lipinski definition) is 2. The Labute approximate surface area is 71.0 Å². The van der Waals surface area contributed by atoms with Crippen LogP contribution in [0.2, 0.25) is 0 Å². The monoisotopic (exact) mass is 165 g/mol. The van der Waals surface area contributed by atoms with Crippen LogP contribution < -0.4 is 11.1 Å². The molecule has 0 aromatic heterocycles. The Hall–Kier alpha value is -1.50.